The van der Waals surface area contributed by atoms with Crippen molar-refractivity contribution in [3.8, 4) is 16.9 Å². The quantitative estimate of drug-likeness (QED) is 0.216. The zero-order chi connectivity index (χ0) is 26.9. The van der Waals surface area contributed by atoms with Gasteiger partial charge in [-0.15, -0.1) is 11.8 Å². The van der Waals surface area contributed by atoms with E-state index in [0.29, 0.717) is 0 Å². The molecule has 0 radical (unpaired) electrons. The van der Waals surface area contributed by atoms with Crippen LogP contribution in [0.1, 0.15) is 47.2 Å². The summed E-state index contributed by atoms with van der Waals surface area (Å²) in [5.41, 5.74) is 8.23. The lowest BCUT2D eigenvalue weighted by molar-refractivity contribution is 0.163. The van der Waals surface area contributed by atoms with Crippen LogP contribution in [0.3, 0.4) is 0 Å². The molecule has 1 atom stereocenters. The van der Waals surface area contributed by atoms with Gasteiger partial charge in [-0.2, -0.15) is 0 Å². The first-order chi connectivity index (χ1) is 18.8. The number of hydrogen-bond donors (Lipinski definition) is 0. The van der Waals surface area contributed by atoms with Crippen molar-refractivity contribution in [1.82, 2.24) is 0 Å². The third kappa shape index (κ3) is 3.46. The highest BCUT2D eigenvalue weighted by molar-refractivity contribution is 7.98. The second-order valence-corrected chi connectivity index (χ2v) is 12.0. The number of rotatable bonds is 3. The van der Waals surface area contributed by atoms with Crippen molar-refractivity contribution in [2.45, 2.75) is 36.7 Å². The van der Waals surface area contributed by atoms with Gasteiger partial charge in [-0.3, -0.25) is 0 Å². The van der Waals surface area contributed by atoms with Gasteiger partial charge in [0, 0.05) is 32.4 Å². The van der Waals surface area contributed by atoms with Gasteiger partial charge in [-0.1, -0.05) is 92.2 Å². The molecule has 2 aliphatic rings. The molecule has 3 heteroatoms. The van der Waals surface area contributed by atoms with Crippen LogP contribution in [0.5, 0.6) is 5.75 Å². The highest BCUT2D eigenvalue weighted by Gasteiger charge is 2.44. The van der Waals surface area contributed by atoms with E-state index in [1.165, 1.54) is 32.7 Å². The van der Waals surface area contributed by atoms with Crippen LogP contribution in [0, 0.1) is 12.7 Å². The molecule has 5 aromatic carbocycles. The van der Waals surface area contributed by atoms with Crippen LogP contribution >= 0.6 is 11.8 Å². The molecule has 0 fully saturated rings. The lowest BCUT2D eigenvalue weighted by Gasteiger charge is -2.38. The van der Waals surface area contributed by atoms with Gasteiger partial charge in [-0.05, 0) is 71.2 Å². The van der Waals surface area contributed by atoms with Crippen LogP contribution in [0.25, 0.3) is 28.0 Å². The molecular weight excluding hydrogens is 499 g/mol. The van der Waals surface area contributed by atoms with Gasteiger partial charge in [0.2, 0.25) is 0 Å². The molecule has 0 spiro atoms. The summed E-state index contributed by atoms with van der Waals surface area (Å²) in [4.78, 5) is 1.20. The van der Waals surface area contributed by atoms with Crippen molar-refractivity contribution < 1.29 is 9.13 Å². The Hall–Kier alpha value is -3.82. The Morgan fingerprint density at radius 2 is 1.54 bits per heavy atom. The minimum atomic E-state index is -0.842. The Labute approximate surface area is 233 Å². The summed E-state index contributed by atoms with van der Waals surface area (Å²) < 4.78 is 22.1. The Bertz CT molecular complexity index is 1800. The highest BCUT2D eigenvalue weighted by atomic mass is 32.2. The Morgan fingerprint density at radius 1 is 0.795 bits per heavy atom. The second kappa shape index (κ2) is 8.59. The van der Waals surface area contributed by atoms with E-state index < -0.39 is 5.60 Å². The van der Waals surface area contributed by atoms with E-state index in [4.69, 9.17) is 4.74 Å². The van der Waals surface area contributed by atoms with Crippen LogP contribution in [-0.4, -0.2) is 6.26 Å². The van der Waals surface area contributed by atoms with E-state index in [1.54, 1.807) is 23.9 Å². The Kier molecular flexibility index (Phi) is 5.34. The third-order valence-corrected chi connectivity index (χ3v) is 9.22. The minimum Gasteiger partial charge on any atom is -0.472 e. The molecule has 7 rings (SSSR count). The standard InChI is InChI=1S/C36H29FOS/c1-22-10-16-28-31(20-22)35(2,3)33-29-18-19-36(23-8-6-5-7-9-23,24-11-14-26(39-4)15-12-24)38-34(29)30-21-25(37)13-17-27(30)32(28)33/h5-21H,1-4H3. The largest absolute Gasteiger partial charge is 0.472 e. The average Bonchev–Trinajstić information content (AvgIpc) is 3.19. The average molecular weight is 529 g/mol. The van der Waals surface area contributed by atoms with Gasteiger partial charge in [0.15, 0.2) is 5.60 Å². The van der Waals surface area contributed by atoms with E-state index in [1.807, 2.05) is 24.3 Å². The highest BCUT2D eigenvalue weighted by Crippen LogP contribution is 2.58. The molecule has 0 saturated heterocycles. The number of thioether (sulfide) groups is 1. The van der Waals surface area contributed by atoms with Gasteiger partial charge in [0.05, 0.1) is 0 Å². The van der Waals surface area contributed by atoms with Crippen molar-refractivity contribution in [1.29, 1.82) is 0 Å². The molecule has 0 saturated carbocycles. The number of halogens is 1. The van der Waals surface area contributed by atoms with Crippen molar-refractivity contribution in [2.24, 2.45) is 0 Å². The topological polar surface area (TPSA) is 9.23 Å². The number of aryl methyl sites for hydroxylation is 1. The first kappa shape index (κ1) is 24.2. The van der Waals surface area contributed by atoms with E-state index in [9.17, 15) is 4.39 Å². The molecule has 1 aliphatic carbocycles. The maximum Gasteiger partial charge on any atom is 0.178 e. The first-order valence-corrected chi connectivity index (χ1v) is 14.6. The number of fused-ring (bicyclic) bond motifs is 8. The number of benzene rings is 5. The summed E-state index contributed by atoms with van der Waals surface area (Å²) in [6, 6.07) is 30.7. The van der Waals surface area contributed by atoms with Crippen molar-refractivity contribution in [3.05, 3.63) is 136 Å². The maximum atomic E-state index is 14.9. The smallest absolute Gasteiger partial charge is 0.178 e. The van der Waals surface area contributed by atoms with Gasteiger partial charge in [0.1, 0.15) is 11.6 Å². The molecular formula is C36H29FOS. The molecule has 39 heavy (non-hydrogen) atoms. The van der Waals surface area contributed by atoms with Crippen molar-refractivity contribution in [2.75, 3.05) is 6.26 Å². The molecule has 1 nitrogen and oxygen atoms in total. The fourth-order valence-corrected chi connectivity index (χ4v) is 6.98. The fraction of sp³-hybridized carbons (Fsp3) is 0.167. The summed E-state index contributed by atoms with van der Waals surface area (Å²) in [6.07, 6.45) is 6.49. The second-order valence-electron chi connectivity index (χ2n) is 11.1. The summed E-state index contributed by atoms with van der Waals surface area (Å²) in [6.45, 7) is 6.73. The van der Waals surface area contributed by atoms with E-state index in [2.05, 4.69) is 93.8 Å². The van der Waals surface area contributed by atoms with Gasteiger partial charge in [-0.25, -0.2) is 4.39 Å². The fourth-order valence-electron chi connectivity index (χ4n) is 6.57. The monoisotopic (exact) mass is 528 g/mol. The molecule has 0 N–H and O–H groups in total. The van der Waals surface area contributed by atoms with Crippen molar-refractivity contribution in [3.63, 3.8) is 0 Å². The lowest BCUT2D eigenvalue weighted by Crippen LogP contribution is -2.35. The lowest BCUT2D eigenvalue weighted by atomic mass is 9.76. The van der Waals surface area contributed by atoms with Crippen LogP contribution in [0.2, 0.25) is 0 Å². The number of hydrogen-bond acceptors (Lipinski definition) is 2. The van der Waals surface area contributed by atoms with Gasteiger partial charge < -0.3 is 4.74 Å². The zero-order valence-electron chi connectivity index (χ0n) is 22.5. The van der Waals surface area contributed by atoms with Gasteiger partial charge >= 0.3 is 0 Å². The molecule has 1 aliphatic heterocycles. The van der Waals surface area contributed by atoms with Crippen LogP contribution in [-0.2, 0) is 11.0 Å². The molecule has 0 aromatic heterocycles. The summed E-state index contributed by atoms with van der Waals surface area (Å²) in [5.74, 6) is 0.472. The maximum absolute atomic E-state index is 14.9. The Morgan fingerprint density at radius 3 is 2.28 bits per heavy atom. The zero-order valence-corrected chi connectivity index (χ0v) is 23.3. The minimum absolute atomic E-state index is 0.232. The summed E-state index contributed by atoms with van der Waals surface area (Å²) in [5, 5.41) is 1.83. The summed E-state index contributed by atoms with van der Waals surface area (Å²) >= 11 is 1.72. The SMILES string of the molecule is CSc1ccc(C2(c3ccccc3)C=Cc3c4c(c5ccc(F)cc5c3O2)-c2ccc(C)cc2C4(C)C)cc1. The molecule has 1 unspecified atom stereocenters. The van der Waals surface area contributed by atoms with Crippen molar-refractivity contribution >= 4 is 28.6 Å². The number of ether oxygens (including phenoxy) is 1. The molecule has 192 valence electrons. The van der Waals surface area contributed by atoms with Crippen LogP contribution in [0.15, 0.2) is 102 Å². The normalized spacial score (nSPS) is 18.4. The third-order valence-electron chi connectivity index (χ3n) is 8.47. The molecule has 5 aromatic rings. The summed E-state index contributed by atoms with van der Waals surface area (Å²) in [7, 11) is 0. The first-order valence-electron chi connectivity index (χ1n) is 13.3. The molecule has 1 heterocycles. The van der Waals surface area contributed by atoms with E-state index in [-0.39, 0.29) is 11.2 Å². The molecule has 0 bridgehead atoms. The van der Waals surface area contributed by atoms with Crippen LogP contribution in [0.4, 0.5) is 4.39 Å². The Balaban J connectivity index is 1.56. The van der Waals surface area contributed by atoms with Crippen LogP contribution < -0.4 is 4.74 Å². The predicted octanol–water partition coefficient (Wildman–Crippen LogP) is 9.66. The molecule has 0 amide bonds. The predicted molar refractivity (Wildman–Crippen MR) is 161 cm³/mol. The van der Waals surface area contributed by atoms with Gasteiger partial charge in [0.25, 0.3) is 0 Å². The van der Waals surface area contributed by atoms with E-state index in [0.717, 1.165) is 33.2 Å². The van der Waals surface area contributed by atoms with E-state index >= 15 is 0 Å².